The minimum absolute atomic E-state index is 0.203. The van der Waals surface area contributed by atoms with Crippen molar-refractivity contribution >= 4 is 23.2 Å². The highest BCUT2D eigenvalue weighted by Crippen LogP contribution is 2.31. The van der Waals surface area contributed by atoms with Gasteiger partial charge in [-0.25, -0.2) is 4.39 Å². The molecule has 18 heavy (non-hydrogen) atoms. The van der Waals surface area contributed by atoms with E-state index in [1.165, 1.54) is 18.2 Å². The molecule has 94 valence electrons. The molecule has 2 N–H and O–H groups in total. The second kappa shape index (κ2) is 5.57. The molecule has 0 saturated heterocycles. The fourth-order valence-corrected chi connectivity index (χ4v) is 1.90. The molecule has 0 radical (unpaired) electrons. The fraction of sp³-hybridized carbons (Fsp3) is 0.0769. The summed E-state index contributed by atoms with van der Waals surface area (Å²) in [6, 6.07) is 9.07. The number of nitrogens with two attached hydrogens (primary N) is 1. The number of ether oxygens (including phenoxy) is 1. The molecule has 2 nitrogen and oxygen atoms in total. The van der Waals surface area contributed by atoms with E-state index in [2.05, 4.69) is 0 Å². The summed E-state index contributed by atoms with van der Waals surface area (Å²) in [5.74, 6) is 0.476. The summed E-state index contributed by atoms with van der Waals surface area (Å²) in [5, 5.41) is 0.724. The number of benzene rings is 2. The van der Waals surface area contributed by atoms with Gasteiger partial charge < -0.3 is 10.5 Å². The Morgan fingerprint density at radius 2 is 1.83 bits per heavy atom. The molecule has 0 aliphatic heterocycles. The lowest BCUT2D eigenvalue weighted by molar-refractivity contribution is 0.480. The molecule has 0 atom stereocenters. The molecule has 2 rings (SSSR count). The third-order valence-electron chi connectivity index (χ3n) is 2.37. The lowest BCUT2D eigenvalue weighted by Crippen LogP contribution is -1.97. The predicted octanol–water partition coefficient (Wildman–Crippen LogP) is 4.38. The van der Waals surface area contributed by atoms with Crippen LogP contribution in [0.1, 0.15) is 5.56 Å². The molecule has 0 amide bonds. The minimum Gasteiger partial charge on any atom is -0.456 e. The van der Waals surface area contributed by atoms with Crippen molar-refractivity contribution in [1.29, 1.82) is 0 Å². The third kappa shape index (κ3) is 2.93. The lowest BCUT2D eigenvalue weighted by Gasteiger charge is -2.09. The molecule has 0 aromatic heterocycles. The van der Waals surface area contributed by atoms with Gasteiger partial charge in [0.05, 0.1) is 5.02 Å². The molecule has 0 aliphatic carbocycles. The van der Waals surface area contributed by atoms with E-state index >= 15 is 0 Å². The minimum atomic E-state index is -0.413. The third-order valence-corrected chi connectivity index (χ3v) is 3.01. The molecular formula is C13H10Cl2FNO. The van der Waals surface area contributed by atoms with E-state index in [1.54, 1.807) is 18.2 Å². The smallest absolute Gasteiger partial charge is 0.146 e. The molecule has 2 aromatic rings. The first-order chi connectivity index (χ1) is 8.60. The molecule has 2 aromatic carbocycles. The SMILES string of the molecule is NCc1ccc(Oc2ccc(F)cc2Cl)cc1Cl. The quantitative estimate of drug-likeness (QED) is 0.908. The largest absolute Gasteiger partial charge is 0.456 e. The maximum Gasteiger partial charge on any atom is 0.146 e. The van der Waals surface area contributed by atoms with Crippen LogP contribution in [0.2, 0.25) is 10.0 Å². The van der Waals surface area contributed by atoms with Crippen molar-refractivity contribution < 1.29 is 9.13 Å². The van der Waals surface area contributed by atoms with Crippen molar-refractivity contribution in [3.63, 3.8) is 0 Å². The monoisotopic (exact) mass is 285 g/mol. The van der Waals surface area contributed by atoms with E-state index in [0.29, 0.717) is 23.1 Å². The van der Waals surface area contributed by atoms with Crippen LogP contribution in [0.25, 0.3) is 0 Å². The maximum atomic E-state index is 12.9. The van der Waals surface area contributed by atoms with Crippen LogP contribution in [-0.2, 0) is 6.54 Å². The van der Waals surface area contributed by atoms with E-state index in [1.807, 2.05) is 0 Å². The van der Waals surface area contributed by atoms with Crippen molar-refractivity contribution in [1.82, 2.24) is 0 Å². The van der Waals surface area contributed by atoms with Crippen molar-refractivity contribution in [2.75, 3.05) is 0 Å². The van der Waals surface area contributed by atoms with E-state index in [-0.39, 0.29) is 5.02 Å². The standard InChI is InChI=1S/C13H10Cl2FNO/c14-11-6-10(3-1-8(11)7-17)18-13-4-2-9(16)5-12(13)15/h1-6H,7,17H2. The number of halogens is 3. The first kappa shape index (κ1) is 13.1. The van der Waals surface area contributed by atoms with Gasteiger partial charge in [-0.15, -0.1) is 0 Å². The number of hydrogen-bond acceptors (Lipinski definition) is 2. The highest BCUT2D eigenvalue weighted by atomic mass is 35.5. The van der Waals surface area contributed by atoms with Gasteiger partial charge in [-0.2, -0.15) is 0 Å². The zero-order valence-corrected chi connectivity index (χ0v) is 10.8. The highest BCUT2D eigenvalue weighted by molar-refractivity contribution is 6.32. The second-order valence-corrected chi connectivity index (χ2v) is 4.45. The predicted molar refractivity (Wildman–Crippen MR) is 70.8 cm³/mol. The molecule has 5 heteroatoms. The zero-order valence-electron chi connectivity index (χ0n) is 9.29. The Morgan fingerprint density at radius 3 is 2.44 bits per heavy atom. The average molecular weight is 286 g/mol. The van der Waals surface area contributed by atoms with Crippen LogP contribution < -0.4 is 10.5 Å². The number of hydrogen-bond donors (Lipinski definition) is 1. The maximum absolute atomic E-state index is 12.9. The molecule has 0 unspecified atom stereocenters. The Balaban J connectivity index is 2.26. The number of rotatable bonds is 3. The normalized spacial score (nSPS) is 10.4. The van der Waals surface area contributed by atoms with E-state index in [0.717, 1.165) is 5.56 Å². The van der Waals surface area contributed by atoms with Crippen LogP contribution in [0.15, 0.2) is 36.4 Å². The van der Waals surface area contributed by atoms with E-state index in [9.17, 15) is 4.39 Å². The summed E-state index contributed by atoms with van der Waals surface area (Å²) < 4.78 is 18.4. The molecular weight excluding hydrogens is 276 g/mol. The molecule has 0 heterocycles. The fourth-order valence-electron chi connectivity index (χ4n) is 1.44. The van der Waals surface area contributed by atoms with Gasteiger partial charge in [0.25, 0.3) is 0 Å². The van der Waals surface area contributed by atoms with Crippen molar-refractivity contribution in [3.05, 3.63) is 57.8 Å². The Bertz CT molecular complexity index is 575. The zero-order chi connectivity index (χ0) is 13.1. The lowest BCUT2D eigenvalue weighted by atomic mass is 10.2. The highest BCUT2D eigenvalue weighted by Gasteiger charge is 2.06. The van der Waals surface area contributed by atoms with Gasteiger partial charge in [-0.3, -0.25) is 0 Å². The van der Waals surface area contributed by atoms with Gasteiger partial charge in [0, 0.05) is 11.6 Å². The first-order valence-electron chi connectivity index (χ1n) is 5.21. The van der Waals surface area contributed by atoms with Gasteiger partial charge >= 0.3 is 0 Å². The van der Waals surface area contributed by atoms with Crippen LogP contribution in [0.5, 0.6) is 11.5 Å². The first-order valence-corrected chi connectivity index (χ1v) is 5.97. The summed E-state index contributed by atoms with van der Waals surface area (Å²) in [7, 11) is 0. The van der Waals surface area contributed by atoms with Gasteiger partial charge in [0.1, 0.15) is 17.3 Å². The Labute approximate surface area is 114 Å². The van der Waals surface area contributed by atoms with E-state index < -0.39 is 5.82 Å². The summed E-state index contributed by atoms with van der Waals surface area (Å²) in [6.07, 6.45) is 0. The van der Waals surface area contributed by atoms with E-state index in [4.69, 9.17) is 33.7 Å². The van der Waals surface area contributed by atoms with Crippen LogP contribution in [-0.4, -0.2) is 0 Å². The van der Waals surface area contributed by atoms with Gasteiger partial charge in [-0.1, -0.05) is 29.3 Å². The Hall–Kier alpha value is -1.29. The Kier molecular flexibility index (Phi) is 4.07. The second-order valence-electron chi connectivity index (χ2n) is 3.63. The molecule has 0 spiro atoms. The van der Waals surface area contributed by atoms with Crippen LogP contribution in [0, 0.1) is 5.82 Å². The summed E-state index contributed by atoms with van der Waals surface area (Å²) in [6.45, 7) is 0.358. The van der Waals surface area contributed by atoms with Crippen molar-refractivity contribution in [3.8, 4) is 11.5 Å². The topological polar surface area (TPSA) is 35.2 Å². The van der Waals surface area contributed by atoms with Gasteiger partial charge in [0.15, 0.2) is 0 Å². The molecule has 0 saturated carbocycles. The molecule has 0 fully saturated rings. The van der Waals surface area contributed by atoms with Crippen LogP contribution >= 0.6 is 23.2 Å². The summed E-state index contributed by atoms with van der Waals surface area (Å²) >= 11 is 11.9. The van der Waals surface area contributed by atoms with Gasteiger partial charge in [0.2, 0.25) is 0 Å². The van der Waals surface area contributed by atoms with Gasteiger partial charge in [-0.05, 0) is 35.9 Å². The van der Waals surface area contributed by atoms with Crippen LogP contribution in [0.4, 0.5) is 4.39 Å². The van der Waals surface area contributed by atoms with Crippen molar-refractivity contribution in [2.45, 2.75) is 6.54 Å². The van der Waals surface area contributed by atoms with Crippen molar-refractivity contribution in [2.24, 2.45) is 5.73 Å². The summed E-state index contributed by atoms with van der Waals surface area (Å²) in [5.41, 5.74) is 6.33. The molecule has 0 bridgehead atoms. The summed E-state index contributed by atoms with van der Waals surface area (Å²) in [4.78, 5) is 0. The average Bonchev–Trinajstić information content (AvgIpc) is 2.33. The van der Waals surface area contributed by atoms with Crippen LogP contribution in [0.3, 0.4) is 0 Å². The Morgan fingerprint density at radius 1 is 1.06 bits per heavy atom. The molecule has 0 aliphatic rings.